The number of benzene rings is 2. The highest BCUT2D eigenvalue weighted by Crippen LogP contribution is 2.22. The monoisotopic (exact) mass is 242 g/mol. The molecule has 0 saturated carbocycles. The van der Waals surface area contributed by atoms with Gasteiger partial charge in [0.05, 0.1) is 7.11 Å². The van der Waals surface area contributed by atoms with E-state index in [0.29, 0.717) is 0 Å². The number of nitrogens with one attached hydrogen (secondary N) is 1. The van der Waals surface area contributed by atoms with Crippen LogP contribution in [0.4, 0.5) is 17.1 Å². The zero-order chi connectivity index (χ0) is 13.0. The molecule has 0 bridgehead atoms. The summed E-state index contributed by atoms with van der Waals surface area (Å²) in [5.74, 6) is 0.864. The van der Waals surface area contributed by atoms with Crippen LogP contribution < -0.4 is 15.0 Å². The summed E-state index contributed by atoms with van der Waals surface area (Å²) < 4.78 is 5.14. The van der Waals surface area contributed by atoms with Gasteiger partial charge in [-0.15, -0.1) is 0 Å². The molecule has 3 heteroatoms. The number of nitrogens with zero attached hydrogens (tertiary/aromatic N) is 1. The van der Waals surface area contributed by atoms with Crippen molar-refractivity contribution in [2.75, 3.05) is 31.4 Å². The van der Waals surface area contributed by atoms with Crippen LogP contribution in [0.3, 0.4) is 0 Å². The molecule has 0 unspecified atom stereocenters. The van der Waals surface area contributed by atoms with Crippen LogP contribution in [0.2, 0.25) is 0 Å². The van der Waals surface area contributed by atoms with E-state index in [-0.39, 0.29) is 0 Å². The number of ether oxygens (including phenoxy) is 1. The van der Waals surface area contributed by atoms with Crippen LogP contribution in [0.25, 0.3) is 0 Å². The molecule has 0 heterocycles. The van der Waals surface area contributed by atoms with Gasteiger partial charge in [-0.3, -0.25) is 0 Å². The maximum Gasteiger partial charge on any atom is 0.119 e. The largest absolute Gasteiger partial charge is 0.497 e. The molecule has 18 heavy (non-hydrogen) atoms. The summed E-state index contributed by atoms with van der Waals surface area (Å²) in [4.78, 5) is 2.08. The molecule has 1 N–H and O–H groups in total. The van der Waals surface area contributed by atoms with E-state index in [2.05, 4.69) is 28.4 Å². The van der Waals surface area contributed by atoms with E-state index in [1.165, 1.54) is 5.69 Å². The lowest BCUT2D eigenvalue weighted by Gasteiger charge is -2.14. The lowest BCUT2D eigenvalue weighted by atomic mass is 10.2. The Morgan fingerprint density at radius 2 is 1.67 bits per heavy atom. The maximum absolute atomic E-state index is 5.14. The standard InChI is InChI=1S/C15H18N2O/c1-17(2)14-6-4-5-13(11-14)16-12-7-9-15(18-3)10-8-12/h4-11,16H,1-3H3. The van der Waals surface area contributed by atoms with Gasteiger partial charge in [0, 0.05) is 31.2 Å². The van der Waals surface area contributed by atoms with Crippen LogP contribution in [0, 0.1) is 0 Å². The second-order valence-electron chi connectivity index (χ2n) is 4.30. The molecule has 2 aromatic rings. The molecule has 2 aromatic carbocycles. The summed E-state index contributed by atoms with van der Waals surface area (Å²) >= 11 is 0. The second kappa shape index (κ2) is 5.45. The third-order valence-corrected chi connectivity index (χ3v) is 2.74. The van der Waals surface area contributed by atoms with E-state index in [4.69, 9.17) is 4.74 Å². The second-order valence-corrected chi connectivity index (χ2v) is 4.30. The fraction of sp³-hybridized carbons (Fsp3) is 0.200. The Morgan fingerprint density at radius 3 is 2.28 bits per heavy atom. The van der Waals surface area contributed by atoms with Gasteiger partial charge < -0.3 is 15.0 Å². The van der Waals surface area contributed by atoms with Gasteiger partial charge in [0.1, 0.15) is 5.75 Å². The lowest BCUT2D eigenvalue weighted by Crippen LogP contribution is -2.08. The predicted octanol–water partition coefficient (Wildman–Crippen LogP) is 3.50. The molecule has 0 fully saturated rings. The highest BCUT2D eigenvalue weighted by molar-refractivity contribution is 5.65. The summed E-state index contributed by atoms with van der Waals surface area (Å²) in [5, 5.41) is 3.37. The van der Waals surface area contributed by atoms with Crippen LogP contribution >= 0.6 is 0 Å². The molecule has 0 aliphatic rings. The lowest BCUT2D eigenvalue weighted by molar-refractivity contribution is 0.415. The van der Waals surface area contributed by atoms with Crippen molar-refractivity contribution in [2.24, 2.45) is 0 Å². The van der Waals surface area contributed by atoms with Crippen molar-refractivity contribution in [2.45, 2.75) is 0 Å². The van der Waals surface area contributed by atoms with Crippen LogP contribution in [0.5, 0.6) is 5.75 Å². The Bertz CT molecular complexity index is 506. The van der Waals surface area contributed by atoms with Gasteiger partial charge in [0.15, 0.2) is 0 Å². The molecule has 94 valence electrons. The number of hydrogen-bond acceptors (Lipinski definition) is 3. The maximum atomic E-state index is 5.14. The minimum absolute atomic E-state index is 0.864. The third-order valence-electron chi connectivity index (χ3n) is 2.74. The predicted molar refractivity (Wildman–Crippen MR) is 77.0 cm³/mol. The Hall–Kier alpha value is -2.16. The van der Waals surface area contributed by atoms with E-state index in [1.807, 2.05) is 44.4 Å². The van der Waals surface area contributed by atoms with Gasteiger partial charge in [-0.2, -0.15) is 0 Å². The molecule has 0 amide bonds. The number of hydrogen-bond donors (Lipinski definition) is 1. The fourth-order valence-corrected chi connectivity index (χ4v) is 1.70. The average Bonchev–Trinajstić information content (AvgIpc) is 2.40. The van der Waals surface area contributed by atoms with Crippen molar-refractivity contribution in [3.8, 4) is 5.75 Å². The number of rotatable bonds is 4. The highest BCUT2D eigenvalue weighted by atomic mass is 16.5. The summed E-state index contributed by atoms with van der Waals surface area (Å²) in [6, 6.07) is 16.2. The van der Waals surface area contributed by atoms with Gasteiger partial charge in [0.2, 0.25) is 0 Å². The highest BCUT2D eigenvalue weighted by Gasteiger charge is 1.99. The summed E-state index contributed by atoms with van der Waals surface area (Å²) in [5.41, 5.74) is 3.30. The van der Waals surface area contributed by atoms with Crippen molar-refractivity contribution in [1.82, 2.24) is 0 Å². The SMILES string of the molecule is COc1ccc(Nc2cccc(N(C)C)c2)cc1. The number of anilines is 3. The topological polar surface area (TPSA) is 24.5 Å². The zero-order valence-electron chi connectivity index (χ0n) is 11.0. The first-order valence-electron chi connectivity index (χ1n) is 5.87. The van der Waals surface area contributed by atoms with E-state index in [0.717, 1.165) is 17.1 Å². The summed E-state index contributed by atoms with van der Waals surface area (Å²) in [6.45, 7) is 0. The van der Waals surface area contributed by atoms with Crippen molar-refractivity contribution < 1.29 is 4.74 Å². The van der Waals surface area contributed by atoms with Gasteiger partial charge in [-0.05, 0) is 42.5 Å². The molecule has 0 spiro atoms. The molecular weight excluding hydrogens is 224 g/mol. The molecular formula is C15H18N2O. The molecule has 3 nitrogen and oxygen atoms in total. The van der Waals surface area contributed by atoms with E-state index in [9.17, 15) is 0 Å². The summed E-state index contributed by atoms with van der Waals surface area (Å²) in [7, 11) is 5.74. The van der Waals surface area contributed by atoms with Gasteiger partial charge in [0.25, 0.3) is 0 Å². The van der Waals surface area contributed by atoms with Crippen molar-refractivity contribution in [3.05, 3.63) is 48.5 Å². The minimum atomic E-state index is 0.864. The first-order chi connectivity index (χ1) is 8.69. The molecule has 2 rings (SSSR count). The first kappa shape index (κ1) is 12.3. The molecule has 0 saturated heterocycles. The van der Waals surface area contributed by atoms with Crippen LogP contribution in [0.15, 0.2) is 48.5 Å². The van der Waals surface area contributed by atoms with Crippen LogP contribution in [0.1, 0.15) is 0 Å². The Kier molecular flexibility index (Phi) is 3.72. The van der Waals surface area contributed by atoms with Gasteiger partial charge in [-0.1, -0.05) is 6.07 Å². The quantitative estimate of drug-likeness (QED) is 0.888. The van der Waals surface area contributed by atoms with Crippen molar-refractivity contribution >= 4 is 17.1 Å². The Morgan fingerprint density at radius 1 is 0.944 bits per heavy atom. The van der Waals surface area contributed by atoms with Crippen molar-refractivity contribution in [1.29, 1.82) is 0 Å². The average molecular weight is 242 g/mol. The normalized spacial score (nSPS) is 9.94. The van der Waals surface area contributed by atoms with E-state index >= 15 is 0 Å². The van der Waals surface area contributed by atoms with Crippen molar-refractivity contribution in [3.63, 3.8) is 0 Å². The first-order valence-corrected chi connectivity index (χ1v) is 5.87. The van der Waals surface area contributed by atoms with Gasteiger partial charge >= 0.3 is 0 Å². The smallest absolute Gasteiger partial charge is 0.119 e. The third kappa shape index (κ3) is 2.94. The summed E-state index contributed by atoms with van der Waals surface area (Å²) in [6.07, 6.45) is 0. The number of methoxy groups -OCH3 is 1. The minimum Gasteiger partial charge on any atom is -0.497 e. The zero-order valence-corrected chi connectivity index (χ0v) is 11.0. The van der Waals surface area contributed by atoms with Crippen LogP contribution in [-0.2, 0) is 0 Å². The van der Waals surface area contributed by atoms with Gasteiger partial charge in [-0.25, -0.2) is 0 Å². The molecule has 0 aliphatic heterocycles. The Balaban J connectivity index is 2.15. The molecule has 0 aliphatic carbocycles. The fourth-order valence-electron chi connectivity index (χ4n) is 1.70. The molecule has 0 atom stereocenters. The Labute approximate surface area is 108 Å². The van der Waals surface area contributed by atoms with E-state index < -0.39 is 0 Å². The van der Waals surface area contributed by atoms with E-state index in [1.54, 1.807) is 7.11 Å². The molecule has 0 radical (unpaired) electrons. The molecule has 0 aromatic heterocycles. The van der Waals surface area contributed by atoms with Crippen LogP contribution in [-0.4, -0.2) is 21.2 Å².